The second kappa shape index (κ2) is 5.59. The number of halogens is 1. The molecule has 1 aromatic rings. The van der Waals surface area contributed by atoms with Crippen LogP contribution in [0.15, 0.2) is 18.2 Å². The molecule has 1 aliphatic heterocycles. The van der Waals surface area contributed by atoms with Gasteiger partial charge in [-0.25, -0.2) is 4.79 Å². The van der Waals surface area contributed by atoms with Crippen LogP contribution in [0.3, 0.4) is 0 Å². The number of hydrogen-bond donors (Lipinski definition) is 1. The zero-order chi connectivity index (χ0) is 13.1. The Morgan fingerprint density at radius 1 is 1.56 bits per heavy atom. The Morgan fingerprint density at radius 3 is 2.94 bits per heavy atom. The molecule has 1 atom stereocenters. The van der Waals surface area contributed by atoms with Gasteiger partial charge in [-0.1, -0.05) is 23.7 Å². The standard InChI is InChI=1S/C13H17ClN2O2/c1-9-4-3-5-11(14)12(9)15-13(17)18-10-6-7-16(2)8-10/h3-5,10H,6-8H2,1-2H3,(H,15,17). The predicted octanol–water partition coefficient (Wildman–Crippen LogP) is 2.90. The lowest BCUT2D eigenvalue weighted by Gasteiger charge is -2.14. The topological polar surface area (TPSA) is 41.6 Å². The Kier molecular flexibility index (Phi) is 4.09. The van der Waals surface area contributed by atoms with Gasteiger partial charge in [0.1, 0.15) is 6.10 Å². The summed E-state index contributed by atoms with van der Waals surface area (Å²) in [5.41, 5.74) is 1.54. The molecule has 18 heavy (non-hydrogen) atoms. The third kappa shape index (κ3) is 3.15. The molecule has 0 aromatic heterocycles. The van der Waals surface area contributed by atoms with Crippen LogP contribution in [-0.2, 0) is 4.74 Å². The van der Waals surface area contributed by atoms with Crippen molar-refractivity contribution in [3.63, 3.8) is 0 Å². The Bertz CT molecular complexity index is 430. The molecule has 0 saturated carbocycles. The fourth-order valence-electron chi connectivity index (χ4n) is 2.06. The number of anilines is 1. The summed E-state index contributed by atoms with van der Waals surface area (Å²) in [7, 11) is 2.01. The van der Waals surface area contributed by atoms with Gasteiger partial charge < -0.3 is 9.64 Å². The van der Waals surface area contributed by atoms with Crippen molar-refractivity contribution >= 4 is 23.4 Å². The van der Waals surface area contributed by atoms with E-state index in [9.17, 15) is 4.79 Å². The average Bonchev–Trinajstić information content (AvgIpc) is 2.69. The zero-order valence-corrected chi connectivity index (χ0v) is 11.3. The molecule has 1 amide bonds. The lowest BCUT2D eigenvalue weighted by Crippen LogP contribution is -2.25. The minimum atomic E-state index is -0.438. The Morgan fingerprint density at radius 2 is 2.33 bits per heavy atom. The average molecular weight is 269 g/mol. The van der Waals surface area contributed by atoms with Crippen molar-refractivity contribution in [2.75, 3.05) is 25.5 Å². The van der Waals surface area contributed by atoms with E-state index in [1.807, 2.05) is 26.1 Å². The molecule has 2 rings (SSSR count). The van der Waals surface area contributed by atoms with E-state index >= 15 is 0 Å². The van der Waals surface area contributed by atoms with E-state index in [4.69, 9.17) is 16.3 Å². The van der Waals surface area contributed by atoms with E-state index in [2.05, 4.69) is 10.2 Å². The molecule has 4 nitrogen and oxygen atoms in total. The second-order valence-corrected chi connectivity index (χ2v) is 5.04. The number of likely N-dealkylation sites (tertiary alicyclic amines) is 1. The van der Waals surface area contributed by atoms with Crippen molar-refractivity contribution in [2.45, 2.75) is 19.4 Å². The van der Waals surface area contributed by atoms with E-state index in [0.29, 0.717) is 10.7 Å². The van der Waals surface area contributed by atoms with Crippen LogP contribution in [0.4, 0.5) is 10.5 Å². The summed E-state index contributed by atoms with van der Waals surface area (Å²) in [6.07, 6.45) is 0.412. The summed E-state index contributed by atoms with van der Waals surface area (Å²) in [6.45, 7) is 3.64. The van der Waals surface area contributed by atoms with Crippen LogP contribution >= 0.6 is 11.6 Å². The predicted molar refractivity (Wildman–Crippen MR) is 72.2 cm³/mol. The molecule has 1 unspecified atom stereocenters. The van der Waals surface area contributed by atoms with Gasteiger partial charge >= 0.3 is 6.09 Å². The Hall–Kier alpha value is -1.26. The minimum Gasteiger partial charge on any atom is -0.445 e. The largest absolute Gasteiger partial charge is 0.445 e. The summed E-state index contributed by atoms with van der Waals surface area (Å²) in [4.78, 5) is 13.9. The zero-order valence-electron chi connectivity index (χ0n) is 10.6. The van der Waals surface area contributed by atoms with Crippen LogP contribution < -0.4 is 5.32 Å². The smallest absolute Gasteiger partial charge is 0.411 e. The lowest BCUT2D eigenvalue weighted by molar-refractivity contribution is 0.115. The van der Waals surface area contributed by atoms with Gasteiger partial charge in [-0.2, -0.15) is 0 Å². The summed E-state index contributed by atoms with van der Waals surface area (Å²) >= 11 is 6.03. The van der Waals surface area contributed by atoms with Crippen LogP contribution in [0, 0.1) is 6.92 Å². The van der Waals surface area contributed by atoms with E-state index in [0.717, 1.165) is 25.1 Å². The van der Waals surface area contributed by atoms with E-state index in [1.165, 1.54) is 0 Å². The SMILES string of the molecule is Cc1cccc(Cl)c1NC(=O)OC1CCN(C)C1. The normalized spacial score (nSPS) is 19.8. The van der Waals surface area contributed by atoms with Gasteiger partial charge in [0.05, 0.1) is 10.7 Å². The highest BCUT2D eigenvalue weighted by Gasteiger charge is 2.23. The quantitative estimate of drug-likeness (QED) is 0.897. The van der Waals surface area contributed by atoms with Gasteiger partial charge in [0, 0.05) is 13.1 Å². The molecule has 5 heteroatoms. The van der Waals surface area contributed by atoms with E-state index < -0.39 is 6.09 Å². The number of likely N-dealkylation sites (N-methyl/N-ethyl adjacent to an activating group) is 1. The van der Waals surface area contributed by atoms with Gasteiger partial charge in [0.25, 0.3) is 0 Å². The number of carbonyl (C=O) groups is 1. The molecule has 0 aliphatic carbocycles. The molecule has 1 fully saturated rings. The third-order valence-electron chi connectivity index (χ3n) is 3.07. The van der Waals surface area contributed by atoms with Gasteiger partial charge in [-0.15, -0.1) is 0 Å². The molecule has 0 bridgehead atoms. The molecule has 1 heterocycles. The van der Waals surface area contributed by atoms with E-state index in [-0.39, 0.29) is 6.10 Å². The fraction of sp³-hybridized carbons (Fsp3) is 0.462. The summed E-state index contributed by atoms with van der Waals surface area (Å²) in [5.74, 6) is 0. The first-order valence-corrected chi connectivity index (χ1v) is 6.35. The number of para-hydroxylation sites is 1. The number of ether oxygens (including phenoxy) is 1. The number of rotatable bonds is 2. The first-order chi connectivity index (χ1) is 8.56. The van der Waals surface area contributed by atoms with E-state index in [1.54, 1.807) is 6.07 Å². The maximum atomic E-state index is 11.8. The van der Waals surface area contributed by atoms with Crippen molar-refractivity contribution in [3.8, 4) is 0 Å². The first kappa shape index (κ1) is 13.2. The maximum absolute atomic E-state index is 11.8. The molecule has 98 valence electrons. The van der Waals surface area contributed by atoms with Crippen LogP contribution in [0.25, 0.3) is 0 Å². The molecule has 1 N–H and O–H groups in total. The Labute approximate surface area is 112 Å². The van der Waals surface area contributed by atoms with Crippen molar-refractivity contribution < 1.29 is 9.53 Å². The monoisotopic (exact) mass is 268 g/mol. The number of hydrogen-bond acceptors (Lipinski definition) is 3. The number of benzene rings is 1. The molecule has 1 aromatic carbocycles. The minimum absolute atomic E-state index is 0.0298. The number of nitrogens with one attached hydrogen (secondary N) is 1. The van der Waals surface area contributed by atoms with Gasteiger partial charge in [-0.05, 0) is 32.0 Å². The summed E-state index contributed by atoms with van der Waals surface area (Å²) in [5, 5.41) is 3.23. The molecule has 0 spiro atoms. The van der Waals surface area contributed by atoms with Crippen LogP contribution in [0.2, 0.25) is 5.02 Å². The molecular formula is C13H17ClN2O2. The molecule has 1 aliphatic rings. The van der Waals surface area contributed by atoms with Crippen LogP contribution in [-0.4, -0.2) is 37.2 Å². The summed E-state index contributed by atoms with van der Waals surface area (Å²) < 4.78 is 5.35. The molecular weight excluding hydrogens is 252 g/mol. The highest BCUT2D eigenvalue weighted by Crippen LogP contribution is 2.25. The first-order valence-electron chi connectivity index (χ1n) is 5.97. The maximum Gasteiger partial charge on any atom is 0.411 e. The fourth-order valence-corrected chi connectivity index (χ4v) is 2.33. The Balaban J connectivity index is 1.95. The van der Waals surface area contributed by atoms with Gasteiger partial charge in [0.15, 0.2) is 0 Å². The highest BCUT2D eigenvalue weighted by atomic mass is 35.5. The van der Waals surface area contributed by atoms with Crippen molar-refractivity contribution in [2.24, 2.45) is 0 Å². The third-order valence-corrected chi connectivity index (χ3v) is 3.39. The number of nitrogens with zero attached hydrogens (tertiary/aromatic N) is 1. The number of carbonyl (C=O) groups excluding carboxylic acids is 1. The van der Waals surface area contributed by atoms with Gasteiger partial charge in [-0.3, -0.25) is 5.32 Å². The van der Waals surface area contributed by atoms with Crippen LogP contribution in [0.1, 0.15) is 12.0 Å². The van der Waals surface area contributed by atoms with Crippen LogP contribution in [0.5, 0.6) is 0 Å². The number of aryl methyl sites for hydroxylation is 1. The summed E-state index contributed by atoms with van der Waals surface area (Å²) in [6, 6.07) is 5.48. The highest BCUT2D eigenvalue weighted by molar-refractivity contribution is 6.33. The van der Waals surface area contributed by atoms with Crippen molar-refractivity contribution in [1.82, 2.24) is 4.90 Å². The lowest BCUT2D eigenvalue weighted by atomic mass is 10.2. The second-order valence-electron chi connectivity index (χ2n) is 4.63. The van der Waals surface area contributed by atoms with Gasteiger partial charge in [0.2, 0.25) is 0 Å². The van der Waals surface area contributed by atoms with Crippen molar-refractivity contribution in [3.05, 3.63) is 28.8 Å². The van der Waals surface area contributed by atoms with Crippen molar-refractivity contribution in [1.29, 1.82) is 0 Å². The number of amides is 1. The molecule has 0 radical (unpaired) electrons. The molecule has 1 saturated heterocycles.